The van der Waals surface area contributed by atoms with Crippen LogP contribution in [0.4, 0.5) is 0 Å². The van der Waals surface area contributed by atoms with Crippen LogP contribution in [0, 0.1) is 6.92 Å². The topological polar surface area (TPSA) is 70.8 Å². The van der Waals surface area contributed by atoms with Crippen LogP contribution in [-0.4, -0.2) is 40.9 Å². The number of carbonyl (C=O) groups excluding carboxylic acids is 2. The van der Waals surface area contributed by atoms with Crippen molar-refractivity contribution in [2.24, 2.45) is 0 Å². The fourth-order valence-electron chi connectivity index (χ4n) is 4.23. The lowest BCUT2D eigenvalue weighted by Gasteiger charge is -2.36. The lowest BCUT2D eigenvalue weighted by Crippen LogP contribution is -2.46. The number of Topliss-reactive ketones (excluding diaryl/α,β-unsaturated/α-hetero) is 1. The van der Waals surface area contributed by atoms with E-state index >= 15 is 0 Å². The van der Waals surface area contributed by atoms with E-state index in [0.717, 1.165) is 12.0 Å². The number of furan rings is 1. The molecule has 1 aliphatic carbocycles. The molecule has 0 radical (unpaired) electrons. The highest BCUT2D eigenvalue weighted by molar-refractivity contribution is 6.10. The van der Waals surface area contributed by atoms with Crippen molar-refractivity contribution in [1.82, 2.24) is 4.90 Å². The zero-order valence-corrected chi connectivity index (χ0v) is 14.9. The Labute approximate surface area is 152 Å². The Hall–Kier alpha value is -2.40. The molecular weight excluding hydrogens is 330 g/mol. The summed E-state index contributed by atoms with van der Waals surface area (Å²) in [7, 11) is 0. The van der Waals surface area contributed by atoms with Crippen molar-refractivity contribution in [1.29, 1.82) is 0 Å². The van der Waals surface area contributed by atoms with Crippen LogP contribution in [0.25, 0.3) is 0 Å². The molecule has 1 saturated heterocycles. The number of hydrogen-bond acceptors (Lipinski definition) is 4. The molecule has 136 valence electrons. The average molecular weight is 353 g/mol. The number of hydrogen-bond donors (Lipinski definition) is 1. The SMILES string of the molecule is Cc1oc2c(c1C(=O)N1CC[C@H](c3ccccc3)[C@H](O)C1)C(=O)CCC2. The van der Waals surface area contributed by atoms with Gasteiger partial charge in [-0.3, -0.25) is 9.59 Å². The van der Waals surface area contributed by atoms with Crippen LogP contribution in [0.15, 0.2) is 34.7 Å². The molecule has 1 fully saturated rings. The lowest BCUT2D eigenvalue weighted by molar-refractivity contribution is 0.0379. The van der Waals surface area contributed by atoms with E-state index < -0.39 is 6.10 Å². The Morgan fingerprint density at radius 1 is 1.23 bits per heavy atom. The number of β-amino-alcohol motifs (C(OH)–C–C–N with tert-alkyl or cyclic N) is 1. The van der Waals surface area contributed by atoms with Gasteiger partial charge in [0.2, 0.25) is 0 Å². The Kier molecular flexibility index (Phi) is 4.41. The van der Waals surface area contributed by atoms with E-state index in [1.54, 1.807) is 11.8 Å². The summed E-state index contributed by atoms with van der Waals surface area (Å²) in [5.41, 5.74) is 1.97. The summed E-state index contributed by atoms with van der Waals surface area (Å²) in [4.78, 5) is 27.1. The molecule has 4 rings (SSSR count). The third kappa shape index (κ3) is 2.86. The number of aryl methyl sites for hydroxylation is 2. The second kappa shape index (κ2) is 6.72. The highest BCUT2D eigenvalue weighted by Gasteiger charge is 2.36. The zero-order valence-electron chi connectivity index (χ0n) is 14.9. The maximum absolute atomic E-state index is 13.1. The molecule has 0 bridgehead atoms. The fraction of sp³-hybridized carbons (Fsp3) is 0.429. The summed E-state index contributed by atoms with van der Waals surface area (Å²) in [5.74, 6) is 0.970. The van der Waals surface area contributed by atoms with Crippen LogP contribution in [0.3, 0.4) is 0 Å². The first-order valence-corrected chi connectivity index (χ1v) is 9.24. The van der Waals surface area contributed by atoms with E-state index in [9.17, 15) is 14.7 Å². The molecule has 26 heavy (non-hydrogen) atoms. The summed E-state index contributed by atoms with van der Waals surface area (Å²) < 4.78 is 5.71. The van der Waals surface area contributed by atoms with Crippen molar-refractivity contribution >= 4 is 11.7 Å². The van der Waals surface area contributed by atoms with Crippen molar-refractivity contribution in [2.75, 3.05) is 13.1 Å². The fourth-order valence-corrected chi connectivity index (χ4v) is 4.23. The number of aliphatic hydroxyl groups excluding tert-OH is 1. The minimum atomic E-state index is -0.617. The highest BCUT2D eigenvalue weighted by Crippen LogP contribution is 2.33. The van der Waals surface area contributed by atoms with Gasteiger partial charge in [0.25, 0.3) is 5.91 Å². The summed E-state index contributed by atoms with van der Waals surface area (Å²) in [6.45, 7) is 2.57. The minimum absolute atomic E-state index is 0.00818. The smallest absolute Gasteiger partial charge is 0.258 e. The average Bonchev–Trinajstić information content (AvgIpc) is 2.99. The predicted octanol–water partition coefficient (Wildman–Crippen LogP) is 3.10. The number of nitrogens with zero attached hydrogens (tertiary/aromatic N) is 1. The molecule has 5 nitrogen and oxygen atoms in total. The van der Waals surface area contributed by atoms with Gasteiger partial charge in [0.15, 0.2) is 5.78 Å². The number of aliphatic hydroxyl groups is 1. The Morgan fingerprint density at radius 3 is 2.73 bits per heavy atom. The van der Waals surface area contributed by atoms with Crippen molar-refractivity contribution in [3.63, 3.8) is 0 Å². The highest BCUT2D eigenvalue weighted by atomic mass is 16.3. The molecule has 5 heteroatoms. The minimum Gasteiger partial charge on any atom is -0.465 e. The Bertz CT molecular complexity index is 839. The number of fused-ring (bicyclic) bond motifs is 1. The maximum atomic E-state index is 13.1. The number of benzene rings is 1. The number of amides is 1. The van der Waals surface area contributed by atoms with E-state index in [0.29, 0.717) is 48.5 Å². The molecule has 2 heterocycles. The van der Waals surface area contributed by atoms with Gasteiger partial charge in [0.05, 0.1) is 17.2 Å². The van der Waals surface area contributed by atoms with Crippen LogP contribution < -0.4 is 0 Å². The standard InChI is InChI=1S/C21H23NO4/c1-13-19(20-16(23)8-5-9-18(20)26-13)21(25)22-11-10-15(17(24)12-22)14-6-3-2-4-7-14/h2-4,6-7,15,17,24H,5,8-12H2,1H3/t15-,17-/m1/s1. The van der Waals surface area contributed by atoms with Gasteiger partial charge in [0, 0.05) is 31.8 Å². The molecule has 1 aliphatic heterocycles. The van der Waals surface area contributed by atoms with Gasteiger partial charge in [-0.2, -0.15) is 0 Å². The van der Waals surface area contributed by atoms with Crippen molar-refractivity contribution < 1.29 is 19.1 Å². The van der Waals surface area contributed by atoms with Gasteiger partial charge in [-0.1, -0.05) is 30.3 Å². The molecule has 2 aliphatic rings. The number of piperidine rings is 1. The molecule has 1 amide bonds. The van der Waals surface area contributed by atoms with Gasteiger partial charge in [-0.25, -0.2) is 0 Å². The van der Waals surface area contributed by atoms with Crippen molar-refractivity contribution in [2.45, 2.75) is 44.6 Å². The van der Waals surface area contributed by atoms with E-state index in [-0.39, 0.29) is 24.2 Å². The summed E-state index contributed by atoms with van der Waals surface area (Å²) >= 11 is 0. The summed E-state index contributed by atoms with van der Waals surface area (Å²) in [6, 6.07) is 9.91. The molecular formula is C21H23NO4. The zero-order chi connectivity index (χ0) is 18.3. The van der Waals surface area contributed by atoms with Gasteiger partial charge in [0.1, 0.15) is 11.5 Å². The van der Waals surface area contributed by atoms with Crippen LogP contribution >= 0.6 is 0 Å². The Morgan fingerprint density at radius 2 is 2.00 bits per heavy atom. The number of carbonyl (C=O) groups is 2. The molecule has 1 aromatic heterocycles. The molecule has 0 saturated carbocycles. The van der Waals surface area contributed by atoms with Crippen LogP contribution in [0.1, 0.15) is 63.0 Å². The first-order chi connectivity index (χ1) is 12.6. The summed E-state index contributed by atoms with van der Waals surface area (Å²) in [5, 5.41) is 10.6. The van der Waals surface area contributed by atoms with Crippen LogP contribution in [0.5, 0.6) is 0 Å². The molecule has 2 aromatic rings. The van der Waals surface area contributed by atoms with Crippen LogP contribution in [0.2, 0.25) is 0 Å². The molecule has 0 unspecified atom stereocenters. The first kappa shape index (κ1) is 17.0. The van der Waals surface area contributed by atoms with Crippen LogP contribution in [-0.2, 0) is 6.42 Å². The molecule has 1 N–H and O–H groups in total. The molecule has 1 aromatic carbocycles. The quantitative estimate of drug-likeness (QED) is 0.901. The largest absolute Gasteiger partial charge is 0.465 e. The molecule has 0 spiro atoms. The van der Waals surface area contributed by atoms with E-state index in [2.05, 4.69) is 0 Å². The van der Waals surface area contributed by atoms with Crippen molar-refractivity contribution in [3.05, 3.63) is 58.5 Å². The van der Waals surface area contributed by atoms with Gasteiger partial charge < -0.3 is 14.4 Å². The third-order valence-electron chi connectivity index (χ3n) is 5.55. The summed E-state index contributed by atoms with van der Waals surface area (Å²) in [6.07, 6.45) is 2.02. The van der Waals surface area contributed by atoms with E-state index in [1.807, 2.05) is 30.3 Å². The van der Waals surface area contributed by atoms with Gasteiger partial charge >= 0.3 is 0 Å². The number of likely N-dealkylation sites (tertiary alicyclic amines) is 1. The maximum Gasteiger partial charge on any atom is 0.258 e. The lowest BCUT2D eigenvalue weighted by atomic mass is 9.86. The van der Waals surface area contributed by atoms with E-state index in [1.165, 1.54) is 0 Å². The third-order valence-corrected chi connectivity index (χ3v) is 5.55. The monoisotopic (exact) mass is 353 g/mol. The number of ketones is 1. The number of rotatable bonds is 2. The molecule has 2 atom stereocenters. The first-order valence-electron chi connectivity index (χ1n) is 9.24. The van der Waals surface area contributed by atoms with Gasteiger partial charge in [-0.05, 0) is 25.3 Å². The Balaban J connectivity index is 1.56. The normalized spacial score (nSPS) is 23.0. The second-order valence-corrected chi connectivity index (χ2v) is 7.23. The predicted molar refractivity (Wildman–Crippen MR) is 96.4 cm³/mol. The van der Waals surface area contributed by atoms with Gasteiger partial charge in [-0.15, -0.1) is 0 Å². The van der Waals surface area contributed by atoms with E-state index in [4.69, 9.17) is 4.42 Å². The van der Waals surface area contributed by atoms with Crippen molar-refractivity contribution in [3.8, 4) is 0 Å². The second-order valence-electron chi connectivity index (χ2n) is 7.23.